The van der Waals surface area contributed by atoms with E-state index in [1.807, 2.05) is 37.3 Å². The lowest BCUT2D eigenvalue weighted by molar-refractivity contribution is -0.144. The molecule has 1 aliphatic heterocycles. The van der Waals surface area contributed by atoms with Crippen molar-refractivity contribution in [2.45, 2.75) is 57.3 Å². The molecule has 7 nitrogen and oxygen atoms in total. The third-order valence-corrected chi connectivity index (χ3v) is 7.22. The first-order chi connectivity index (χ1) is 15.5. The van der Waals surface area contributed by atoms with E-state index in [1.165, 1.54) is 4.90 Å². The van der Waals surface area contributed by atoms with Crippen LogP contribution in [-0.4, -0.2) is 51.5 Å². The first-order valence-electron chi connectivity index (χ1n) is 11.4. The predicted octanol–water partition coefficient (Wildman–Crippen LogP) is 2.29. The van der Waals surface area contributed by atoms with Gasteiger partial charge in [-0.2, -0.15) is 0 Å². The summed E-state index contributed by atoms with van der Waals surface area (Å²) in [5, 5.41) is 25.7. The number of terminal acetylenes is 1. The third kappa shape index (κ3) is 3.94. The summed E-state index contributed by atoms with van der Waals surface area (Å²) in [6.45, 7) is 2.22. The van der Waals surface area contributed by atoms with E-state index in [0.717, 1.165) is 5.56 Å². The van der Waals surface area contributed by atoms with E-state index in [0.29, 0.717) is 38.0 Å². The molecule has 170 valence electrons. The smallest absolute Gasteiger partial charge is 0.234 e. The van der Waals surface area contributed by atoms with Gasteiger partial charge in [0, 0.05) is 24.7 Å². The summed E-state index contributed by atoms with van der Waals surface area (Å²) in [5.74, 6) is 0.184. The van der Waals surface area contributed by atoms with Gasteiger partial charge in [0.15, 0.2) is 0 Å². The van der Waals surface area contributed by atoms with Crippen LogP contribution in [0.2, 0.25) is 0 Å². The maximum atomic E-state index is 13.5. The molecule has 0 spiro atoms. The molecule has 2 amide bonds. The van der Waals surface area contributed by atoms with Crippen LogP contribution in [0, 0.1) is 36.0 Å². The number of nitrogens with zero attached hydrogens (tertiary/aromatic N) is 2. The van der Waals surface area contributed by atoms with Gasteiger partial charge in [0.2, 0.25) is 11.8 Å². The SMILES string of the molecule is C#CCCCON=C1C[C@@H](O)[C@@H](O)[C@@H]2[C@H]3C(=O)N([C@@H](C)c4ccccc4)C(=O)[C@@H]3CC[C@H]12. The van der Waals surface area contributed by atoms with Crippen molar-refractivity contribution < 1.29 is 24.6 Å². The van der Waals surface area contributed by atoms with Gasteiger partial charge in [0.25, 0.3) is 0 Å². The van der Waals surface area contributed by atoms with Crippen molar-refractivity contribution in [3.63, 3.8) is 0 Å². The molecule has 32 heavy (non-hydrogen) atoms. The zero-order chi connectivity index (χ0) is 22.8. The van der Waals surface area contributed by atoms with E-state index in [1.54, 1.807) is 0 Å². The van der Waals surface area contributed by atoms with E-state index < -0.39 is 36.0 Å². The Hall–Kier alpha value is -2.69. The van der Waals surface area contributed by atoms with Gasteiger partial charge in [0.05, 0.1) is 35.8 Å². The summed E-state index contributed by atoms with van der Waals surface area (Å²) in [5.41, 5.74) is 1.54. The molecule has 0 radical (unpaired) electrons. The van der Waals surface area contributed by atoms with Crippen LogP contribution in [0.4, 0.5) is 0 Å². The Morgan fingerprint density at radius 3 is 2.62 bits per heavy atom. The first kappa shape index (κ1) is 22.5. The van der Waals surface area contributed by atoms with Gasteiger partial charge < -0.3 is 15.1 Å². The summed E-state index contributed by atoms with van der Waals surface area (Å²) in [6.07, 6.45) is 5.75. The Labute approximate surface area is 188 Å². The fraction of sp³-hybridized carbons (Fsp3) is 0.560. The number of aliphatic hydroxyl groups is 2. The van der Waals surface area contributed by atoms with Gasteiger partial charge in [-0.15, -0.1) is 12.3 Å². The second kappa shape index (κ2) is 9.43. The number of carbonyl (C=O) groups excluding carboxylic acids is 2. The van der Waals surface area contributed by atoms with E-state index in [9.17, 15) is 19.8 Å². The second-order valence-electron chi connectivity index (χ2n) is 9.01. The monoisotopic (exact) mass is 438 g/mol. The fourth-order valence-corrected chi connectivity index (χ4v) is 5.63. The molecular formula is C25H30N2O5. The van der Waals surface area contributed by atoms with E-state index in [2.05, 4.69) is 11.1 Å². The second-order valence-corrected chi connectivity index (χ2v) is 9.01. The van der Waals surface area contributed by atoms with Crippen molar-refractivity contribution in [3.05, 3.63) is 35.9 Å². The van der Waals surface area contributed by atoms with Crippen molar-refractivity contribution in [1.82, 2.24) is 4.90 Å². The molecule has 1 heterocycles. The number of benzene rings is 1. The van der Waals surface area contributed by atoms with Crippen LogP contribution < -0.4 is 0 Å². The van der Waals surface area contributed by atoms with Crippen LogP contribution in [0.25, 0.3) is 0 Å². The summed E-state index contributed by atoms with van der Waals surface area (Å²) < 4.78 is 0. The number of imide groups is 1. The zero-order valence-corrected chi connectivity index (χ0v) is 18.3. The molecule has 4 rings (SSSR count). The average molecular weight is 439 g/mol. The van der Waals surface area contributed by atoms with Crippen LogP contribution in [0.1, 0.15) is 50.6 Å². The highest BCUT2D eigenvalue weighted by Gasteiger charge is 2.60. The van der Waals surface area contributed by atoms with Crippen LogP contribution >= 0.6 is 0 Å². The van der Waals surface area contributed by atoms with Crippen molar-refractivity contribution in [3.8, 4) is 12.3 Å². The van der Waals surface area contributed by atoms with Gasteiger partial charge in [-0.05, 0) is 31.7 Å². The molecule has 2 aliphatic carbocycles. The molecule has 0 aromatic heterocycles. The minimum Gasteiger partial charge on any atom is -0.396 e. The Balaban J connectivity index is 1.58. The zero-order valence-electron chi connectivity index (χ0n) is 18.3. The Morgan fingerprint density at radius 2 is 1.91 bits per heavy atom. The maximum absolute atomic E-state index is 13.5. The number of rotatable bonds is 6. The molecule has 2 saturated carbocycles. The van der Waals surface area contributed by atoms with E-state index >= 15 is 0 Å². The summed E-state index contributed by atoms with van der Waals surface area (Å²) in [7, 11) is 0. The molecule has 0 bridgehead atoms. The molecule has 0 unspecified atom stereocenters. The highest BCUT2D eigenvalue weighted by molar-refractivity contribution is 6.06. The Bertz CT molecular complexity index is 924. The fourth-order valence-electron chi connectivity index (χ4n) is 5.63. The number of amides is 2. The van der Waals surface area contributed by atoms with Gasteiger partial charge in [-0.25, -0.2) is 0 Å². The van der Waals surface area contributed by atoms with Gasteiger partial charge in [-0.3, -0.25) is 14.5 Å². The van der Waals surface area contributed by atoms with Crippen LogP contribution in [0.3, 0.4) is 0 Å². The predicted molar refractivity (Wildman–Crippen MR) is 118 cm³/mol. The maximum Gasteiger partial charge on any atom is 0.234 e. The Morgan fingerprint density at radius 1 is 1.19 bits per heavy atom. The third-order valence-electron chi connectivity index (χ3n) is 7.22. The number of fused-ring (bicyclic) bond motifs is 3. The lowest BCUT2D eigenvalue weighted by Gasteiger charge is -2.45. The van der Waals surface area contributed by atoms with Crippen LogP contribution in [0.5, 0.6) is 0 Å². The van der Waals surface area contributed by atoms with E-state index in [4.69, 9.17) is 11.3 Å². The van der Waals surface area contributed by atoms with E-state index in [-0.39, 0.29) is 24.2 Å². The lowest BCUT2D eigenvalue weighted by atomic mass is 9.60. The van der Waals surface area contributed by atoms with Gasteiger partial charge >= 0.3 is 0 Å². The quantitative estimate of drug-likeness (QED) is 0.307. The van der Waals surface area contributed by atoms with Crippen molar-refractivity contribution in [2.75, 3.05) is 6.61 Å². The number of oxime groups is 1. The van der Waals surface area contributed by atoms with Crippen molar-refractivity contribution in [1.29, 1.82) is 0 Å². The molecule has 1 aromatic carbocycles. The number of aliphatic hydroxyl groups excluding tert-OH is 2. The minimum absolute atomic E-state index is 0.189. The highest BCUT2D eigenvalue weighted by atomic mass is 16.6. The summed E-state index contributed by atoms with van der Waals surface area (Å²) in [6, 6.07) is 9.07. The molecule has 7 atom stereocenters. The van der Waals surface area contributed by atoms with Crippen molar-refractivity contribution in [2.24, 2.45) is 28.8 Å². The topological polar surface area (TPSA) is 99.4 Å². The highest BCUT2D eigenvalue weighted by Crippen LogP contribution is 2.51. The Kier molecular flexibility index (Phi) is 6.63. The van der Waals surface area contributed by atoms with Gasteiger partial charge in [0.1, 0.15) is 6.61 Å². The standard InChI is InChI=1S/C25H30N2O5/c1-3-4-8-13-32-26-19-14-20(28)23(29)21-17(19)11-12-18-22(21)25(31)27(24(18)30)15(2)16-9-6-5-7-10-16/h1,5-7,9-10,15,17-18,20-23,28-29H,4,8,11-14H2,2H3/t15-,17+,18+,20+,21-,22-,23+/m0/s1. The number of hydrogen-bond acceptors (Lipinski definition) is 6. The molecule has 3 aliphatic rings. The molecule has 1 aromatic rings. The lowest BCUT2D eigenvalue weighted by Crippen LogP contribution is -2.54. The summed E-state index contributed by atoms with van der Waals surface area (Å²) >= 11 is 0. The molecule has 2 N–H and O–H groups in total. The normalized spacial score (nSPS) is 34.1. The molecule has 1 saturated heterocycles. The van der Waals surface area contributed by atoms with Gasteiger partial charge in [-0.1, -0.05) is 35.5 Å². The summed E-state index contributed by atoms with van der Waals surface area (Å²) in [4.78, 5) is 33.6. The van der Waals surface area contributed by atoms with Crippen molar-refractivity contribution >= 4 is 17.5 Å². The molecule has 7 heteroatoms. The van der Waals surface area contributed by atoms with Crippen LogP contribution in [-0.2, 0) is 14.4 Å². The number of hydrogen-bond donors (Lipinski definition) is 2. The minimum atomic E-state index is -1.09. The average Bonchev–Trinajstić information content (AvgIpc) is 3.06. The first-order valence-corrected chi connectivity index (χ1v) is 11.4. The molecule has 3 fully saturated rings. The number of carbonyl (C=O) groups is 2. The molecular weight excluding hydrogens is 408 g/mol. The largest absolute Gasteiger partial charge is 0.396 e. The number of likely N-dealkylation sites (tertiary alicyclic amines) is 1. The van der Waals surface area contributed by atoms with Crippen LogP contribution in [0.15, 0.2) is 35.5 Å². The number of unbranched alkanes of at least 4 members (excludes halogenated alkanes) is 1.